The average molecular weight is 798 g/mol. The molecule has 0 aliphatic carbocycles. The van der Waals surface area contributed by atoms with Gasteiger partial charge >= 0.3 is 0 Å². The van der Waals surface area contributed by atoms with Gasteiger partial charge in [-0.15, -0.1) is 0 Å². The van der Waals surface area contributed by atoms with Crippen LogP contribution < -0.4 is 15.1 Å². The second-order valence-electron chi connectivity index (χ2n) is 15.9. The van der Waals surface area contributed by atoms with E-state index >= 15 is 0 Å². The molecule has 0 bridgehead atoms. The molecule has 6 atom stereocenters. The van der Waals surface area contributed by atoms with Gasteiger partial charge in [0.25, 0.3) is 8.32 Å². The zero-order valence-electron chi connectivity index (χ0n) is 32.4. The van der Waals surface area contributed by atoms with Gasteiger partial charge in [-0.25, -0.2) is 0 Å². The van der Waals surface area contributed by atoms with Gasteiger partial charge in [0.15, 0.2) is 0 Å². The van der Waals surface area contributed by atoms with Gasteiger partial charge in [-0.05, 0) is 78.1 Å². The number of rotatable bonds is 23. The van der Waals surface area contributed by atoms with E-state index in [-0.39, 0.29) is 41.3 Å². The Bertz CT molecular complexity index is 1450. The first kappa shape index (κ1) is 41.1. The van der Waals surface area contributed by atoms with Crippen LogP contribution >= 0.6 is 15.9 Å². The molecule has 0 unspecified atom stereocenters. The van der Waals surface area contributed by atoms with Crippen molar-refractivity contribution < 1.29 is 32.8 Å². The zero-order valence-corrected chi connectivity index (χ0v) is 35.0. The lowest BCUT2D eigenvalue weighted by Gasteiger charge is -2.43. The predicted molar refractivity (Wildman–Crippen MR) is 215 cm³/mol. The van der Waals surface area contributed by atoms with E-state index in [1.165, 1.54) is 10.4 Å². The predicted octanol–water partition coefficient (Wildman–Crippen LogP) is 8.44. The Kier molecular flexibility index (Phi) is 14.6. The van der Waals surface area contributed by atoms with Crippen LogP contribution in [0.3, 0.4) is 0 Å². The van der Waals surface area contributed by atoms with Crippen molar-refractivity contribution in [1.82, 2.24) is 0 Å². The summed E-state index contributed by atoms with van der Waals surface area (Å²) in [5, 5.41) is 3.44. The standard InChI is InChI=1S/C43H61BrO7Si/c1-33(38(48-32-45-6)30-47-29-34-20-22-35(46-7)23-21-34)15-14-26-43(31-44)40(51-43)24-27-42(5)39(50-42)25-28-49-52(41(2,3)4,36-16-10-8-11-17-36)37-18-12-9-13-19-37/h8-13,16-23,33,38-40H,14-15,24-32H2,1-7H3/t33-,38-,39+,40+,42+,43+/m0/s1. The lowest BCUT2D eigenvalue weighted by molar-refractivity contribution is -0.117. The summed E-state index contributed by atoms with van der Waals surface area (Å²) in [6.07, 6.45) is 6.41. The third-order valence-electron chi connectivity index (χ3n) is 11.2. The first-order valence-electron chi connectivity index (χ1n) is 19.0. The van der Waals surface area contributed by atoms with E-state index < -0.39 is 8.32 Å². The van der Waals surface area contributed by atoms with E-state index in [9.17, 15) is 0 Å². The van der Waals surface area contributed by atoms with Gasteiger partial charge in [0.1, 0.15) is 18.1 Å². The van der Waals surface area contributed by atoms with E-state index in [0.29, 0.717) is 25.7 Å². The Morgan fingerprint density at radius 2 is 1.50 bits per heavy atom. The lowest BCUT2D eigenvalue weighted by Crippen LogP contribution is -2.66. The van der Waals surface area contributed by atoms with E-state index in [4.69, 9.17) is 32.8 Å². The SMILES string of the molecule is COCO[C@@H](COCc1ccc(OC)cc1)[C@@H](C)CCC[C@]1(CBr)O[C@@H]1CC[C@@]1(C)O[C@@H]1CCO[Si](c1ccccc1)(c1ccccc1)C(C)(C)C. The fourth-order valence-electron chi connectivity index (χ4n) is 7.80. The molecule has 0 saturated carbocycles. The Labute approximate surface area is 322 Å². The van der Waals surface area contributed by atoms with Gasteiger partial charge in [-0.1, -0.05) is 123 Å². The van der Waals surface area contributed by atoms with Crippen LogP contribution in [0.2, 0.25) is 5.04 Å². The van der Waals surface area contributed by atoms with E-state index in [2.05, 4.69) is 111 Å². The number of benzene rings is 3. The molecule has 0 spiro atoms. The molecule has 9 heteroatoms. The van der Waals surface area contributed by atoms with Crippen molar-refractivity contribution in [2.75, 3.05) is 39.6 Å². The number of halogens is 1. The largest absolute Gasteiger partial charge is 0.497 e. The maximum atomic E-state index is 7.15. The van der Waals surface area contributed by atoms with Crippen molar-refractivity contribution in [1.29, 1.82) is 0 Å². The minimum absolute atomic E-state index is 0.0347. The van der Waals surface area contributed by atoms with Crippen molar-refractivity contribution in [3.63, 3.8) is 0 Å². The molecule has 3 aromatic carbocycles. The van der Waals surface area contributed by atoms with Crippen LogP contribution in [0.1, 0.15) is 78.7 Å². The van der Waals surface area contributed by atoms with Crippen molar-refractivity contribution in [2.24, 2.45) is 5.92 Å². The Hall–Kier alpha value is -2.08. The van der Waals surface area contributed by atoms with Gasteiger partial charge in [0.2, 0.25) is 0 Å². The molecule has 2 saturated heterocycles. The van der Waals surface area contributed by atoms with Crippen LogP contribution in [0.25, 0.3) is 0 Å². The zero-order chi connectivity index (χ0) is 37.2. The second kappa shape index (κ2) is 18.5. The summed E-state index contributed by atoms with van der Waals surface area (Å²) in [6.45, 7) is 13.5. The first-order valence-corrected chi connectivity index (χ1v) is 22.0. The molecule has 52 heavy (non-hydrogen) atoms. The molecular formula is C43H61BrO7Si. The van der Waals surface area contributed by atoms with Crippen LogP contribution in [0.4, 0.5) is 0 Å². The number of hydrogen-bond donors (Lipinski definition) is 0. The molecule has 0 aromatic heterocycles. The highest BCUT2D eigenvalue weighted by Gasteiger charge is 2.58. The van der Waals surface area contributed by atoms with Crippen LogP contribution in [-0.4, -0.2) is 77.4 Å². The summed E-state index contributed by atoms with van der Waals surface area (Å²) >= 11 is 3.79. The van der Waals surface area contributed by atoms with Crippen LogP contribution in [0.5, 0.6) is 5.75 Å². The Balaban J connectivity index is 1.06. The number of ether oxygens (including phenoxy) is 6. The maximum Gasteiger partial charge on any atom is 0.261 e. The number of hydrogen-bond acceptors (Lipinski definition) is 7. The maximum absolute atomic E-state index is 7.15. The molecule has 0 N–H and O–H groups in total. The fraction of sp³-hybridized carbons (Fsp3) is 0.581. The van der Waals surface area contributed by atoms with E-state index in [0.717, 1.165) is 55.2 Å². The number of alkyl halides is 1. The smallest absolute Gasteiger partial charge is 0.261 e. The molecule has 2 fully saturated rings. The van der Waals surface area contributed by atoms with Crippen LogP contribution in [0, 0.1) is 5.92 Å². The first-order chi connectivity index (χ1) is 25.0. The van der Waals surface area contributed by atoms with E-state index in [1.54, 1.807) is 14.2 Å². The minimum atomic E-state index is -2.55. The van der Waals surface area contributed by atoms with Gasteiger partial charge in [-0.3, -0.25) is 0 Å². The summed E-state index contributed by atoms with van der Waals surface area (Å²) in [5.41, 5.74) is 0.890. The topological polar surface area (TPSA) is 71.2 Å². The highest BCUT2D eigenvalue weighted by molar-refractivity contribution is 9.09. The van der Waals surface area contributed by atoms with Crippen LogP contribution in [0.15, 0.2) is 84.9 Å². The average Bonchev–Trinajstić information content (AvgIpc) is 4.04. The molecular weight excluding hydrogens is 736 g/mol. The minimum Gasteiger partial charge on any atom is -0.497 e. The molecule has 286 valence electrons. The molecule has 2 aliphatic heterocycles. The summed E-state index contributed by atoms with van der Waals surface area (Å²) in [6, 6.07) is 29.7. The highest BCUT2D eigenvalue weighted by atomic mass is 79.9. The second-order valence-corrected chi connectivity index (χ2v) is 20.8. The van der Waals surface area contributed by atoms with Crippen molar-refractivity contribution >= 4 is 34.6 Å². The summed E-state index contributed by atoms with van der Waals surface area (Å²) in [7, 11) is 0.781. The molecule has 0 radical (unpaired) electrons. The Morgan fingerprint density at radius 1 is 0.846 bits per heavy atom. The van der Waals surface area contributed by atoms with Gasteiger partial charge in [0.05, 0.1) is 44.2 Å². The fourth-order valence-corrected chi connectivity index (χ4v) is 13.2. The normalized spacial score (nSPS) is 24.0. The molecule has 3 aromatic rings. The molecule has 7 nitrogen and oxygen atoms in total. The number of methoxy groups -OCH3 is 2. The molecule has 0 amide bonds. The third-order valence-corrected chi connectivity index (χ3v) is 17.2. The molecule has 5 rings (SSSR count). The number of epoxide rings is 2. The molecule has 2 aliphatic rings. The van der Waals surface area contributed by atoms with Crippen LogP contribution in [-0.2, 0) is 34.7 Å². The van der Waals surface area contributed by atoms with Crippen molar-refractivity contribution in [3.8, 4) is 5.75 Å². The van der Waals surface area contributed by atoms with E-state index in [1.807, 2.05) is 24.3 Å². The monoisotopic (exact) mass is 796 g/mol. The van der Waals surface area contributed by atoms with Crippen molar-refractivity contribution in [2.45, 2.75) is 114 Å². The quantitative estimate of drug-likeness (QED) is 0.0413. The van der Waals surface area contributed by atoms with Gasteiger partial charge < -0.3 is 32.8 Å². The van der Waals surface area contributed by atoms with Gasteiger partial charge in [-0.2, -0.15) is 0 Å². The van der Waals surface area contributed by atoms with Crippen molar-refractivity contribution in [3.05, 3.63) is 90.5 Å². The summed E-state index contributed by atoms with van der Waals surface area (Å²) in [5.74, 6) is 1.16. The van der Waals surface area contributed by atoms with Gasteiger partial charge in [0, 0.05) is 19.0 Å². The molecule has 2 heterocycles. The summed E-state index contributed by atoms with van der Waals surface area (Å²) < 4.78 is 42.5. The highest BCUT2D eigenvalue weighted by Crippen LogP contribution is 2.50. The Morgan fingerprint density at radius 3 is 2.08 bits per heavy atom. The summed E-state index contributed by atoms with van der Waals surface area (Å²) in [4.78, 5) is 0. The lowest BCUT2D eigenvalue weighted by atomic mass is 9.90. The third kappa shape index (κ3) is 10.2.